The van der Waals surface area contributed by atoms with E-state index in [4.69, 9.17) is 5.21 Å². The van der Waals surface area contributed by atoms with Crippen LogP contribution in [0.5, 0.6) is 0 Å². The second-order valence-corrected chi connectivity index (χ2v) is 4.60. The molecule has 0 saturated heterocycles. The van der Waals surface area contributed by atoms with Crippen molar-refractivity contribution in [1.29, 1.82) is 0 Å². The molecule has 0 heterocycles. The lowest BCUT2D eigenvalue weighted by atomic mass is 9.99. The van der Waals surface area contributed by atoms with Crippen LogP contribution in [0, 0.1) is 17.3 Å². The summed E-state index contributed by atoms with van der Waals surface area (Å²) in [5, 5.41) is 11.1. The van der Waals surface area contributed by atoms with Crippen LogP contribution in [0.15, 0.2) is 11.6 Å². The fourth-order valence-corrected chi connectivity index (χ4v) is 2.39. The van der Waals surface area contributed by atoms with Gasteiger partial charge in [-0.15, -0.1) is 0 Å². The van der Waals surface area contributed by atoms with Gasteiger partial charge < -0.3 is 0 Å². The van der Waals surface area contributed by atoms with E-state index in [1.807, 2.05) is 0 Å². The van der Waals surface area contributed by atoms with Gasteiger partial charge in [0.05, 0.1) is 0 Å². The van der Waals surface area contributed by atoms with E-state index in [1.54, 1.807) is 0 Å². The van der Waals surface area contributed by atoms with Gasteiger partial charge in [0.1, 0.15) is 0 Å². The van der Waals surface area contributed by atoms with Gasteiger partial charge in [0.25, 0.3) is 0 Å². The smallest absolute Gasteiger partial charge is 0.227 e. The summed E-state index contributed by atoms with van der Waals surface area (Å²) in [7, 11) is 0. The highest BCUT2D eigenvalue weighted by atomic mass is 16.4. The van der Waals surface area contributed by atoms with Crippen LogP contribution in [0.1, 0.15) is 27.2 Å². The second-order valence-electron chi connectivity index (χ2n) is 4.60. The largest absolute Gasteiger partial charge is 0.293 e. The molecule has 2 N–H and O–H groups in total. The summed E-state index contributed by atoms with van der Waals surface area (Å²) < 4.78 is 0. The van der Waals surface area contributed by atoms with E-state index in [1.165, 1.54) is 5.57 Å². The highest BCUT2D eigenvalue weighted by molar-refractivity contribution is 5.96. The topological polar surface area (TPSA) is 34.2 Å². The molecule has 1 fully saturated rings. The molecular formula is C10H16NO+. The van der Waals surface area contributed by atoms with Gasteiger partial charge in [-0.25, -0.2) is 0 Å². The summed E-state index contributed by atoms with van der Waals surface area (Å²) in [6.07, 6.45) is 3.29. The van der Waals surface area contributed by atoms with Crippen molar-refractivity contribution in [2.75, 3.05) is 0 Å². The molecule has 2 atom stereocenters. The molecule has 0 bridgehead atoms. The monoisotopic (exact) mass is 166 g/mol. The number of nitrogens with one attached hydrogen (secondary N) is 1. The number of fused-ring (bicyclic) bond motifs is 1. The number of allylic oxidation sites excluding steroid dienone is 2. The Morgan fingerprint density at radius 2 is 2.25 bits per heavy atom. The zero-order chi connectivity index (χ0) is 8.93. The summed E-state index contributed by atoms with van der Waals surface area (Å²) in [5.41, 5.74) is 2.67. The van der Waals surface area contributed by atoms with Crippen molar-refractivity contribution >= 4 is 5.71 Å². The average molecular weight is 166 g/mol. The molecule has 0 aromatic rings. The molecule has 66 valence electrons. The Hall–Kier alpha value is -0.790. The molecule has 2 rings (SSSR count). The van der Waals surface area contributed by atoms with Crippen LogP contribution in [0.2, 0.25) is 0 Å². The average Bonchev–Trinajstić information content (AvgIpc) is 2.52. The third kappa shape index (κ3) is 0.838. The van der Waals surface area contributed by atoms with Crippen molar-refractivity contribution in [3.8, 4) is 0 Å². The normalized spacial score (nSPS) is 40.6. The Bertz CT molecular complexity index is 276. The highest BCUT2D eigenvalue weighted by Crippen LogP contribution is 2.62. The molecule has 12 heavy (non-hydrogen) atoms. The Morgan fingerprint density at radius 1 is 1.58 bits per heavy atom. The standard InChI is InChI=1S/C10H15NO/c1-6-4-7-8(10(7,2)3)5-9(6)11-12/h4,7-8,12H,5H2,1-3H3/p+1/b11-9+/t7-,8+/m0/s1. The lowest BCUT2D eigenvalue weighted by Crippen LogP contribution is -2.69. The van der Waals surface area contributed by atoms with E-state index in [-0.39, 0.29) is 0 Å². The van der Waals surface area contributed by atoms with Crippen molar-refractivity contribution in [1.82, 2.24) is 0 Å². The fraction of sp³-hybridized carbons (Fsp3) is 0.700. The minimum atomic E-state index is 0.458. The van der Waals surface area contributed by atoms with Gasteiger partial charge in [-0.2, -0.15) is 0 Å². The number of rotatable bonds is 0. The molecule has 2 aliphatic carbocycles. The first-order chi connectivity index (χ1) is 5.57. The summed E-state index contributed by atoms with van der Waals surface area (Å²) in [5.74, 6) is 1.49. The van der Waals surface area contributed by atoms with Crippen molar-refractivity contribution < 1.29 is 10.4 Å². The molecule has 0 spiro atoms. The molecule has 2 heteroatoms. The molecule has 0 aliphatic heterocycles. The first-order valence-electron chi connectivity index (χ1n) is 4.52. The fourth-order valence-electron chi connectivity index (χ4n) is 2.39. The predicted molar refractivity (Wildman–Crippen MR) is 46.9 cm³/mol. The molecule has 0 aromatic carbocycles. The first kappa shape index (κ1) is 7.84. The quantitative estimate of drug-likeness (QED) is 0.399. The Labute approximate surface area is 73.0 Å². The predicted octanol–water partition coefficient (Wildman–Crippen LogP) is 0.519. The molecule has 0 radical (unpaired) electrons. The molecule has 0 unspecified atom stereocenters. The zero-order valence-corrected chi connectivity index (χ0v) is 7.89. The van der Waals surface area contributed by atoms with Gasteiger partial charge >= 0.3 is 0 Å². The maximum atomic E-state index is 8.84. The summed E-state index contributed by atoms with van der Waals surface area (Å²) in [6, 6.07) is 0. The molecule has 1 saturated carbocycles. The van der Waals surface area contributed by atoms with Gasteiger partial charge in [0.15, 0.2) is 0 Å². The summed E-state index contributed by atoms with van der Waals surface area (Å²) >= 11 is 0. The van der Waals surface area contributed by atoms with Gasteiger partial charge in [-0.1, -0.05) is 19.9 Å². The number of hydrogen-bond acceptors (Lipinski definition) is 1. The molecule has 0 amide bonds. The van der Waals surface area contributed by atoms with Crippen molar-refractivity contribution in [3.63, 3.8) is 0 Å². The van der Waals surface area contributed by atoms with Gasteiger partial charge in [-0.3, -0.25) is 5.21 Å². The zero-order valence-electron chi connectivity index (χ0n) is 7.89. The van der Waals surface area contributed by atoms with Crippen LogP contribution in [-0.4, -0.2) is 10.9 Å². The van der Waals surface area contributed by atoms with Crippen LogP contribution < -0.4 is 5.16 Å². The van der Waals surface area contributed by atoms with E-state index < -0.39 is 0 Å². The minimum absolute atomic E-state index is 0.458. The molecule has 2 nitrogen and oxygen atoms in total. The number of hydrogen-bond donors (Lipinski definition) is 2. The maximum Gasteiger partial charge on any atom is 0.227 e. The van der Waals surface area contributed by atoms with Gasteiger partial charge in [0.2, 0.25) is 5.71 Å². The van der Waals surface area contributed by atoms with E-state index in [0.29, 0.717) is 5.41 Å². The Morgan fingerprint density at radius 3 is 2.83 bits per heavy atom. The SMILES string of the molecule is CC1=C[C@H]2[C@@H](C/C1=[NH+]\O)C2(C)C. The van der Waals surface area contributed by atoms with E-state index in [2.05, 4.69) is 32.0 Å². The highest BCUT2D eigenvalue weighted by Gasteiger charge is 2.59. The Kier molecular flexibility index (Phi) is 1.39. The maximum absolute atomic E-state index is 8.84. The van der Waals surface area contributed by atoms with E-state index in [0.717, 1.165) is 24.0 Å². The van der Waals surface area contributed by atoms with Crippen LogP contribution in [0.3, 0.4) is 0 Å². The molecular weight excluding hydrogens is 150 g/mol. The third-order valence-corrected chi connectivity index (χ3v) is 3.60. The van der Waals surface area contributed by atoms with Crippen molar-refractivity contribution in [2.45, 2.75) is 27.2 Å². The summed E-state index contributed by atoms with van der Waals surface area (Å²) in [6.45, 7) is 6.65. The van der Waals surface area contributed by atoms with Crippen molar-refractivity contribution in [3.05, 3.63) is 11.6 Å². The molecule has 2 aliphatic rings. The molecule has 0 aromatic heterocycles. The van der Waals surface area contributed by atoms with E-state index >= 15 is 0 Å². The van der Waals surface area contributed by atoms with Gasteiger partial charge in [0, 0.05) is 12.0 Å². The van der Waals surface area contributed by atoms with Crippen LogP contribution in [-0.2, 0) is 0 Å². The minimum Gasteiger partial charge on any atom is -0.293 e. The first-order valence-corrected chi connectivity index (χ1v) is 4.52. The van der Waals surface area contributed by atoms with Crippen LogP contribution >= 0.6 is 0 Å². The second kappa shape index (κ2) is 2.12. The lowest BCUT2D eigenvalue weighted by Gasteiger charge is -2.03. The van der Waals surface area contributed by atoms with Crippen LogP contribution in [0.4, 0.5) is 0 Å². The lowest BCUT2D eigenvalue weighted by molar-refractivity contribution is -0.738. The van der Waals surface area contributed by atoms with Gasteiger partial charge in [-0.05, 0) is 29.3 Å². The van der Waals surface area contributed by atoms with E-state index in [9.17, 15) is 0 Å². The third-order valence-electron chi connectivity index (χ3n) is 3.60. The summed E-state index contributed by atoms with van der Waals surface area (Å²) in [4.78, 5) is 0. The van der Waals surface area contributed by atoms with Crippen molar-refractivity contribution in [2.24, 2.45) is 17.3 Å². The van der Waals surface area contributed by atoms with Crippen LogP contribution in [0.25, 0.3) is 0 Å². The Balaban J connectivity index is 2.28.